The van der Waals surface area contributed by atoms with E-state index in [0.717, 1.165) is 13.1 Å². The maximum atomic E-state index is 11.0. The molecule has 2 aromatic rings. The topological polar surface area (TPSA) is 130 Å². The number of hydrogen-bond donors (Lipinski definition) is 3. The first-order valence-corrected chi connectivity index (χ1v) is 8.24. The molecule has 25 heavy (non-hydrogen) atoms. The predicted molar refractivity (Wildman–Crippen MR) is 90.9 cm³/mol. The number of nitrogens with zero attached hydrogens (tertiary/aromatic N) is 4. The van der Waals surface area contributed by atoms with E-state index in [1.807, 2.05) is 4.90 Å². The number of fused-ring (bicyclic) bond motifs is 1. The molecule has 1 amide bonds. The molecule has 10 heteroatoms. The average molecular weight is 348 g/mol. The standard InChI is InChI=1S/C15H20N6O4/c16-10-7-11-13(19-14(25-11)20-3-5-24-6-4-20)18-12(10)17-9-1-2-21(8-9)15(22)23/h7,9H,1-6,8,16H2,(H,17,18)(H,22,23). The molecule has 2 fully saturated rings. The van der Waals surface area contributed by atoms with Crippen molar-refractivity contribution in [3.8, 4) is 0 Å². The number of carbonyl (C=O) groups is 1. The molecule has 2 aliphatic heterocycles. The number of anilines is 3. The third-order valence-corrected chi connectivity index (χ3v) is 4.48. The number of oxazole rings is 1. The van der Waals surface area contributed by atoms with Crippen LogP contribution < -0.4 is 16.0 Å². The molecule has 0 spiro atoms. The van der Waals surface area contributed by atoms with Crippen LogP contribution in [0.1, 0.15) is 6.42 Å². The molecule has 2 aliphatic rings. The number of hydrogen-bond acceptors (Lipinski definition) is 8. The van der Waals surface area contributed by atoms with Gasteiger partial charge in [-0.15, -0.1) is 0 Å². The van der Waals surface area contributed by atoms with E-state index in [0.29, 0.717) is 61.5 Å². The van der Waals surface area contributed by atoms with Crippen molar-refractivity contribution in [3.63, 3.8) is 0 Å². The zero-order valence-corrected chi connectivity index (χ0v) is 13.6. The van der Waals surface area contributed by atoms with E-state index in [9.17, 15) is 4.79 Å². The van der Waals surface area contributed by atoms with Gasteiger partial charge in [0.2, 0.25) is 5.65 Å². The lowest BCUT2D eigenvalue weighted by Crippen LogP contribution is -2.36. The molecule has 4 heterocycles. The first-order chi connectivity index (χ1) is 12.1. The van der Waals surface area contributed by atoms with E-state index >= 15 is 0 Å². The van der Waals surface area contributed by atoms with E-state index in [4.69, 9.17) is 20.0 Å². The molecule has 1 atom stereocenters. The maximum Gasteiger partial charge on any atom is 0.407 e. The van der Waals surface area contributed by atoms with Gasteiger partial charge in [0.25, 0.3) is 6.01 Å². The van der Waals surface area contributed by atoms with Crippen LogP contribution in [0.4, 0.5) is 22.3 Å². The van der Waals surface area contributed by atoms with Gasteiger partial charge >= 0.3 is 6.09 Å². The third kappa shape index (κ3) is 3.12. The molecule has 0 aromatic carbocycles. The van der Waals surface area contributed by atoms with Gasteiger partial charge in [-0.2, -0.15) is 4.98 Å². The van der Waals surface area contributed by atoms with E-state index in [1.54, 1.807) is 6.07 Å². The van der Waals surface area contributed by atoms with Crippen LogP contribution >= 0.6 is 0 Å². The quantitative estimate of drug-likeness (QED) is 0.737. The number of nitrogen functional groups attached to an aromatic ring is 1. The van der Waals surface area contributed by atoms with E-state index in [-0.39, 0.29) is 6.04 Å². The van der Waals surface area contributed by atoms with Gasteiger partial charge in [0.15, 0.2) is 11.4 Å². The van der Waals surface area contributed by atoms with Gasteiger partial charge < -0.3 is 35.1 Å². The lowest BCUT2D eigenvalue weighted by atomic mass is 10.2. The molecule has 2 aromatic heterocycles. The second kappa shape index (κ2) is 6.28. The molecule has 134 valence electrons. The minimum absolute atomic E-state index is 0.0195. The molecule has 1 unspecified atom stereocenters. The number of morpholine rings is 1. The van der Waals surface area contributed by atoms with Crippen LogP contribution in [-0.4, -0.2) is 71.5 Å². The highest BCUT2D eigenvalue weighted by atomic mass is 16.5. The molecule has 0 radical (unpaired) electrons. The van der Waals surface area contributed by atoms with Crippen molar-refractivity contribution < 1.29 is 19.1 Å². The fourth-order valence-corrected chi connectivity index (χ4v) is 3.12. The second-order valence-corrected chi connectivity index (χ2v) is 6.20. The van der Waals surface area contributed by atoms with Crippen LogP contribution in [0.3, 0.4) is 0 Å². The molecular weight excluding hydrogens is 328 g/mol. The minimum Gasteiger partial charge on any atom is -0.465 e. The van der Waals surface area contributed by atoms with Crippen LogP contribution in [0.25, 0.3) is 11.2 Å². The molecule has 0 bridgehead atoms. The highest BCUT2D eigenvalue weighted by molar-refractivity contribution is 5.80. The fourth-order valence-electron chi connectivity index (χ4n) is 3.12. The summed E-state index contributed by atoms with van der Waals surface area (Å²) >= 11 is 0. The number of pyridine rings is 1. The van der Waals surface area contributed by atoms with E-state index in [1.165, 1.54) is 4.90 Å². The normalized spacial score (nSPS) is 21.0. The van der Waals surface area contributed by atoms with Crippen molar-refractivity contribution in [1.82, 2.24) is 14.9 Å². The molecule has 0 aliphatic carbocycles. The van der Waals surface area contributed by atoms with E-state index in [2.05, 4.69) is 15.3 Å². The van der Waals surface area contributed by atoms with Crippen molar-refractivity contribution in [2.75, 3.05) is 55.3 Å². The second-order valence-electron chi connectivity index (χ2n) is 6.20. The average Bonchev–Trinajstić information content (AvgIpc) is 3.23. The van der Waals surface area contributed by atoms with Crippen molar-refractivity contribution >= 4 is 34.8 Å². The first kappa shape index (κ1) is 15.8. The largest absolute Gasteiger partial charge is 0.465 e. The number of rotatable bonds is 3. The number of aromatic nitrogens is 2. The van der Waals surface area contributed by atoms with Crippen LogP contribution in [0.5, 0.6) is 0 Å². The Hall–Kier alpha value is -2.75. The smallest absolute Gasteiger partial charge is 0.407 e. The van der Waals surface area contributed by atoms with Crippen LogP contribution in [0.15, 0.2) is 10.5 Å². The summed E-state index contributed by atoms with van der Waals surface area (Å²) in [5.74, 6) is 0.506. The van der Waals surface area contributed by atoms with Gasteiger partial charge in [0, 0.05) is 38.3 Å². The summed E-state index contributed by atoms with van der Waals surface area (Å²) in [6, 6.07) is 2.19. The van der Waals surface area contributed by atoms with Crippen molar-refractivity contribution in [1.29, 1.82) is 0 Å². The van der Waals surface area contributed by atoms with Gasteiger partial charge in [-0.25, -0.2) is 9.78 Å². The Morgan fingerprint density at radius 1 is 1.32 bits per heavy atom. The Morgan fingerprint density at radius 3 is 2.84 bits per heavy atom. The monoisotopic (exact) mass is 348 g/mol. The van der Waals surface area contributed by atoms with Gasteiger partial charge in [0.05, 0.1) is 18.9 Å². The van der Waals surface area contributed by atoms with Crippen molar-refractivity contribution in [2.24, 2.45) is 0 Å². The lowest BCUT2D eigenvalue weighted by molar-refractivity contribution is 0.120. The fraction of sp³-hybridized carbons (Fsp3) is 0.533. The minimum atomic E-state index is -0.910. The van der Waals surface area contributed by atoms with Gasteiger partial charge in [-0.05, 0) is 6.42 Å². The lowest BCUT2D eigenvalue weighted by Gasteiger charge is -2.24. The molecule has 10 nitrogen and oxygen atoms in total. The SMILES string of the molecule is Nc1cc2oc(N3CCOCC3)nc2nc1NC1CCN(C(=O)O)C1. The number of ether oxygens (including phenoxy) is 1. The van der Waals surface area contributed by atoms with Crippen molar-refractivity contribution in [3.05, 3.63) is 6.07 Å². The van der Waals surface area contributed by atoms with Crippen LogP contribution in [0.2, 0.25) is 0 Å². The van der Waals surface area contributed by atoms with Gasteiger partial charge in [-0.1, -0.05) is 0 Å². The Morgan fingerprint density at radius 2 is 2.12 bits per heavy atom. The Bertz CT molecular complexity index is 788. The highest BCUT2D eigenvalue weighted by Crippen LogP contribution is 2.28. The van der Waals surface area contributed by atoms with Gasteiger partial charge in [0.1, 0.15) is 0 Å². The summed E-state index contributed by atoms with van der Waals surface area (Å²) in [7, 11) is 0. The van der Waals surface area contributed by atoms with Crippen LogP contribution in [-0.2, 0) is 4.74 Å². The number of likely N-dealkylation sites (tertiary alicyclic amines) is 1. The summed E-state index contributed by atoms with van der Waals surface area (Å²) in [4.78, 5) is 23.3. The highest BCUT2D eigenvalue weighted by Gasteiger charge is 2.27. The predicted octanol–water partition coefficient (Wildman–Crippen LogP) is 0.806. The number of carboxylic acid groups (broad SMARTS) is 1. The molecule has 2 saturated heterocycles. The Kier molecular flexibility index (Phi) is 3.96. The molecule has 4 rings (SSSR count). The molecule has 0 saturated carbocycles. The number of nitrogens with two attached hydrogens (primary N) is 1. The third-order valence-electron chi connectivity index (χ3n) is 4.48. The van der Waals surface area contributed by atoms with E-state index < -0.39 is 6.09 Å². The zero-order chi connectivity index (χ0) is 17.4. The summed E-state index contributed by atoms with van der Waals surface area (Å²) in [5.41, 5.74) is 7.53. The zero-order valence-electron chi connectivity index (χ0n) is 13.6. The summed E-state index contributed by atoms with van der Waals surface area (Å²) in [5, 5.41) is 12.3. The van der Waals surface area contributed by atoms with Gasteiger partial charge in [-0.3, -0.25) is 0 Å². The summed E-state index contributed by atoms with van der Waals surface area (Å²) < 4.78 is 11.1. The first-order valence-electron chi connectivity index (χ1n) is 8.24. The molecule has 4 N–H and O–H groups in total. The number of amides is 1. The Labute approximate surface area is 143 Å². The number of nitrogens with one attached hydrogen (secondary N) is 1. The summed E-state index contributed by atoms with van der Waals surface area (Å²) in [6.07, 6.45) is -0.198. The maximum absolute atomic E-state index is 11.0. The summed E-state index contributed by atoms with van der Waals surface area (Å²) in [6.45, 7) is 3.64. The Balaban J connectivity index is 1.53. The molecular formula is C15H20N6O4. The van der Waals surface area contributed by atoms with Crippen LogP contribution in [0, 0.1) is 0 Å². The van der Waals surface area contributed by atoms with Crippen molar-refractivity contribution in [2.45, 2.75) is 12.5 Å².